The quantitative estimate of drug-likeness (QED) is 0.243. The summed E-state index contributed by atoms with van der Waals surface area (Å²) in [5, 5.41) is 22.3. The van der Waals surface area contributed by atoms with Gasteiger partial charge in [-0.3, -0.25) is 9.47 Å². The van der Waals surface area contributed by atoms with E-state index >= 15 is 0 Å². The fraction of sp³-hybridized carbons (Fsp3) is 0.600. The standard InChI is InChI=1S/C30H42N8O3.H2O/c1-17(2)37(14-21-13-24(39)30(40,41-21)38-16-34-26-27(31)32-15-33-28(26)38)20-10-18(11-20)6-9-25-35-22-8-7-19(29(3,4)5)12-23(22)36-25;/h7-8,12,15-18,20-21,24,39-40H,6,9-11,13-14H2,1-5H3,(H,35,36)(H2,31,32,33);1H2/t18?,20?,21-,24-,30-;/m1./s1. The highest BCUT2D eigenvalue weighted by Crippen LogP contribution is 2.39. The lowest BCUT2D eigenvalue weighted by Crippen LogP contribution is -2.51. The molecular weight excluding hydrogens is 536 g/mol. The van der Waals surface area contributed by atoms with E-state index in [-0.39, 0.29) is 22.8 Å². The van der Waals surface area contributed by atoms with E-state index in [1.807, 2.05) is 0 Å². The Morgan fingerprint density at radius 2 is 1.95 bits per heavy atom. The van der Waals surface area contributed by atoms with E-state index in [9.17, 15) is 10.2 Å². The molecule has 0 radical (unpaired) electrons. The van der Waals surface area contributed by atoms with Gasteiger partial charge in [-0.15, -0.1) is 0 Å². The number of hydrogen-bond acceptors (Lipinski definition) is 9. The van der Waals surface area contributed by atoms with Gasteiger partial charge in [0.15, 0.2) is 11.5 Å². The van der Waals surface area contributed by atoms with E-state index in [4.69, 9.17) is 15.5 Å². The molecule has 12 nitrogen and oxygen atoms in total. The topological polar surface area (TPSA) is 183 Å². The van der Waals surface area contributed by atoms with E-state index in [2.05, 4.69) is 77.7 Å². The fourth-order valence-corrected chi connectivity index (χ4v) is 6.40. The fourth-order valence-electron chi connectivity index (χ4n) is 6.40. The Morgan fingerprint density at radius 3 is 2.67 bits per heavy atom. The van der Waals surface area contributed by atoms with E-state index in [1.165, 1.54) is 22.8 Å². The number of nitrogens with one attached hydrogen (secondary N) is 1. The first-order chi connectivity index (χ1) is 19.4. The number of anilines is 1. The number of fused-ring (bicyclic) bond motifs is 2. The third-order valence-electron chi connectivity index (χ3n) is 8.91. The molecule has 1 saturated heterocycles. The third kappa shape index (κ3) is 5.49. The summed E-state index contributed by atoms with van der Waals surface area (Å²) < 4.78 is 7.47. The molecule has 6 rings (SSSR count). The van der Waals surface area contributed by atoms with Gasteiger partial charge in [0.05, 0.1) is 17.1 Å². The van der Waals surface area contributed by atoms with E-state index < -0.39 is 12.0 Å². The van der Waals surface area contributed by atoms with Crippen LogP contribution in [0.3, 0.4) is 0 Å². The van der Waals surface area contributed by atoms with Gasteiger partial charge in [-0.2, -0.15) is 0 Å². The summed E-state index contributed by atoms with van der Waals surface area (Å²) in [7, 11) is 0. The largest absolute Gasteiger partial charge is 0.412 e. The number of benzene rings is 1. The van der Waals surface area contributed by atoms with E-state index in [0.29, 0.717) is 42.1 Å². The zero-order valence-corrected chi connectivity index (χ0v) is 25.1. The molecule has 3 aromatic heterocycles. The van der Waals surface area contributed by atoms with Gasteiger partial charge in [0, 0.05) is 31.5 Å². The predicted molar refractivity (Wildman–Crippen MR) is 161 cm³/mol. The average molecular weight is 581 g/mol. The molecule has 1 saturated carbocycles. The van der Waals surface area contributed by atoms with Crippen LogP contribution in [0.2, 0.25) is 0 Å². The van der Waals surface area contributed by atoms with E-state index in [1.54, 1.807) is 0 Å². The van der Waals surface area contributed by atoms with Crippen molar-refractivity contribution in [1.82, 2.24) is 34.4 Å². The van der Waals surface area contributed by atoms with Crippen LogP contribution in [-0.2, 0) is 22.5 Å². The summed E-state index contributed by atoms with van der Waals surface area (Å²) in [5.41, 5.74) is 10.1. The van der Waals surface area contributed by atoms with Crippen LogP contribution in [0.15, 0.2) is 30.9 Å². The number of rotatable bonds is 8. The zero-order valence-electron chi connectivity index (χ0n) is 25.1. The Bertz CT molecular complexity index is 1540. The number of imidazole rings is 2. The molecule has 3 atom stereocenters. The lowest BCUT2D eigenvalue weighted by molar-refractivity contribution is -0.286. The number of aryl methyl sites for hydroxylation is 1. The van der Waals surface area contributed by atoms with Crippen LogP contribution in [0, 0.1) is 5.92 Å². The Morgan fingerprint density at radius 1 is 1.19 bits per heavy atom. The van der Waals surface area contributed by atoms with Crippen molar-refractivity contribution in [1.29, 1.82) is 0 Å². The maximum absolute atomic E-state index is 11.4. The first kappa shape index (κ1) is 30.3. The number of aliphatic hydroxyl groups excluding tert-OH is 1. The third-order valence-corrected chi connectivity index (χ3v) is 8.91. The first-order valence-corrected chi connectivity index (χ1v) is 14.7. The number of nitrogens with zero attached hydrogens (tertiary/aromatic N) is 6. The van der Waals surface area contributed by atoms with Gasteiger partial charge < -0.3 is 31.1 Å². The molecule has 0 unspecified atom stereocenters. The number of aromatic nitrogens is 6. The monoisotopic (exact) mass is 580 g/mol. The molecule has 2 aliphatic rings. The number of H-pyrrole nitrogens is 1. The van der Waals surface area contributed by atoms with Crippen LogP contribution in [0.1, 0.15) is 71.7 Å². The van der Waals surface area contributed by atoms with Crippen molar-refractivity contribution in [3.05, 3.63) is 42.2 Å². The van der Waals surface area contributed by atoms with Gasteiger partial charge in [-0.25, -0.2) is 19.9 Å². The van der Waals surface area contributed by atoms with E-state index in [0.717, 1.165) is 42.5 Å². The highest BCUT2D eigenvalue weighted by Gasteiger charge is 2.50. The van der Waals surface area contributed by atoms with Crippen molar-refractivity contribution < 1.29 is 20.4 Å². The number of ether oxygens (including phenoxy) is 1. The average Bonchev–Trinajstić information content (AvgIpc) is 3.57. The molecular formula is C30H44N8O4. The minimum atomic E-state index is -1.97. The van der Waals surface area contributed by atoms with Crippen molar-refractivity contribution in [3.8, 4) is 0 Å². The lowest BCUT2D eigenvalue weighted by atomic mass is 9.76. The Kier molecular flexibility index (Phi) is 8.05. The van der Waals surface area contributed by atoms with Crippen LogP contribution in [0.25, 0.3) is 22.2 Å². The van der Waals surface area contributed by atoms with Gasteiger partial charge in [0.2, 0.25) is 0 Å². The predicted octanol–water partition coefficient (Wildman–Crippen LogP) is 2.63. The second-order valence-electron chi connectivity index (χ2n) is 13.2. The van der Waals surface area contributed by atoms with Crippen LogP contribution in [0.4, 0.5) is 5.82 Å². The SMILES string of the molecule is CC(C)N(C[C@H]1C[C@@H](O)[C@](O)(n2cnc3c(N)ncnc32)O1)C1CC(CCc2nc3cc(C(C)(C)C)ccc3[nH]2)C1.O. The van der Waals surface area contributed by atoms with Crippen LogP contribution in [-0.4, -0.2) is 80.9 Å². The highest BCUT2D eigenvalue weighted by molar-refractivity contribution is 5.81. The summed E-state index contributed by atoms with van der Waals surface area (Å²) >= 11 is 0. The summed E-state index contributed by atoms with van der Waals surface area (Å²) in [6.45, 7) is 11.7. The molecule has 1 aromatic carbocycles. The van der Waals surface area contributed by atoms with Crippen LogP contribution in [0.5, 0.6) is 0 Å². The van der Waals surface area contributed by atoms with Crippen LogP contribution < -0.4 is 5.73 Å². The van der Waals surface area contributed by atoms with Gasteiger partial charge in [0.1, 0.15) is 30.1 Å². The summed E-state index contributed by atoms with van der Waals surface area (Å²) in [6.07, 6.45) is 5.81. The van der Waals surface area contributed by atoms with Crippen molar-refractivity contribution in [3.63, 3.8) is 0 Å². The Hall–Kier alpha value is -3.16. The van der Waals surface area contributed by atoms with Crippen molar-refractivity contribution in [2.24, 2.45) is 5.92 Å². The first-order valence-electron chi connectivity index (χ1n) is 14.7. The molecule has 1 aliphatic heterocycles. The minimum Gasteiger partial charge on any atom is -0.412 e. The maximum Gasteiger partial charge on any atom is 0.283 e. The number of hydrogen-bond donors (Lipinski definition) is 4. The summed E-state index contributed by atoms with van der Waals surface area (Å²) in [6, 6.07) is 7.30. The summed E-state index contributed by atoms with van der Waals surface area (Å²) in [5.74, 6) is -0.0523. The number of nitrogen functional groups attached to an aromatic ring is 1. The lowest BCUT2D eigenvalue weighted by Gasteiger charge is -2.46. The molecule has 2 fully saturated rings. The second kappa shape index (κ2) is 11.2. The molecule has 12 heteroatoms. The number of nitrogens with two attached hydrogens (primary N) is 1. The number of aromatic amines is 1. The van der Waals surface area contributed by atoms with Crippen molar-refractivity contribution >= 4 is 28.0 Å². The van der Waals surface area contributed by atoms with Gasteiger partial charge >= 0.3 is 0 Å². The molecule has 1 aliphatic carbocycles. The molecule has 42 heavy (non-hydrogen) atoms. The Balaban J connectivity index is 0.00000353. The Labute approximate surface area is 245 Å². The van der Waals surface area contributed by atoms with Crippen molar-refractivity contribution in [2.45, 2.75) is 102 Å². The van der Waals surface area contributed by atoms with Gasteiger partial charge in [-0.1, -0.05) is 26.8 Å². The zero-order chi connectivity index (χ0) is 29.1. The molecule has 0 amide bonds. The van der Waals surface area contributed by atoms with Crippen LogP contribution >= 0.6 is 0 Å². The van der Waals surface area contributed by atoms with Gasteiger partial charge in [0.25, 0.3) is 5.91 Å². The maximum atomic E-state index is 11.4. The highest BCUT2D eigenvalue weighted by atomic mass is 16.7. The van der Waals surface area contributed by atoms with Crippen molar-refractivity contribution in [2.75, 3.05) is 12.3 Å². The molecule has 4 heterocycles. The molecule has 7 N–H and O–H groups in total. The number of aliphatic hydroxyl groups is 2. The summed E-state index contributed by atoms with van der Waals surface area (Å²) in [4.78, 5) is 23.2. The molecule has 228 valence electrons. The molecule has 0 spiro atoms. The minimum absolute atomic E-state index is 0. The van der Waals surface area contributed by atoms with Gasteiger partial charge in [-0.05, 0) is 62.1 Å². The smallest absolute Gasteiger partial charge is 0.283 e. The molecule has 0 bridgehead atoms. The normalized spacial score (nSPS) is 26.3. The second-order valence-corrected chi connectivity index (χ2v) is 13.2. The molecule has 4 aromatic rings.